The molecule has 0 saturated heterocycles. The molecule has 0 N–H and O–H groups in total. The molecule has 0 amide bonds. The minimum Gasteiger partial charge on any atom is -0.460 e. The molecule has 0 radical (unpaired) electrons. The van der Waals surface area contributed by atoms with Crippen LogP contribution in [0.3, 0.4) is 0 Å². The minimum atomic E-state index is -0.869. The van der Waals surface area contributed by atoms with Crippen molar-refractivity contribution in [2.24, 2.45) is 7.05 Å². The first-order valence-electron chi connectivity index (χ1n) is 3.31. The first-order chi connectivity index (χ1) is 5.65. The maximum atomic E-state index is 11.1. The number of ether oxygens (including phenoxy) is 1. The summed E-state index contributed by atoms with van der Waals surface area (Å²) in [5.41, 5.74) is 0. The van der Waals surface area contributed by atoms with E-state index in [4.69, 9.17) is 0 Å². The van der Waals surface area contributed by atoms with Gasteiger partial charge in [0.25, 0.3) is 6.33 Å². The standard InChI is InChI=1S/C7H9N2O3/c1-8-3-4-9(5-8)6(10)7(11)12-2/h3-5H,1-2H3/q+1. The lowest BCUT2D eigenvalue weighted by molar-refractivity contribution is -0.670. The van der Waals surface area contributed by atoms with Gasteiger partial charge in [-0.1, -0.05) is 0 Å². The molecule has 64 valence electrons. The Balaban J connectivity index is 2.85. The second kappa shape index (κ2) is 3.17. The predicted octanol–water partition coefficient (Wildman–Crippen LogP) is -0.874. The van der Waals surface area contributed by atoms with Gasteiger partial charge in [-0.3, -0.25) is 0 Å². The molecule has 0 bridgehead atoms. The number of hydrogen-bond acceptors (Lipinski definition) is 3. The Morgan fingerprint density at radius 3 is 2.58 bits per heavy atom. The van der Waals surface area contributed by atoms with Gasteiger partial charge in [-0.2, -0.15) is 4.57 Å². The van der Waals surface area contributed by atoms with Crippen LogP contribution in [0, 0.1) is 0 Å². The molecule has 1 aromatic rings. The van der Waals surface area contributed by atoms with Crippen molar-refractivity contribution in [1.29, 1.82) is 0 Å². The van der Waals surface area contributed by atoms with Gasteiger partial charge in [0, 0.05) is 0 Å². The fraction of sp³-hybridized carbons (Fsp3) is 0.286. The first kappa shape index (κ1) is 8.45. The van der Waals surface area contributed by atoms with Crippen LogP contribution < -0.4 is 4.57 Å². The zero-order valence-corrected chi connectivity index (χ0v) is 6.85. The van der Waals surface area contributed by atoms with Gasteiger partial charge >= 0.3 is 11.9 Å². The van der Waals surface area contributed by atoms with Crippen molar-refractivity contribution in [1.82, 2.24) is 4.57 Å². The maximum Gasteiger partial charge on any atom is 0.423 e. The van der Waals surface area contributed by atoms with Gasteiger partial charge in [0.05, 0.1) is 14.2 Å². The highest BCUT2D eigenvalue weighted by Gasteiger charge is 2.21. The number of carbonyl (C=O) groups is 2. The zero-order chi connectivity index (χ0) is 9.14. The minimum absolute atomic E-state index is 0.696. The molecule has 12 heavy (non-hydrogen) atoms. The summed E-state index contributed by atoms with van der Waals surface area (Å²) in [7, 11) is 2.92. The lowest BCUT2D eigenvalue weighted by atomic mass is 10.6. The summed E-state index contributed by atoms with van der Waals surface area (Å²) in [5, 5.41) is 0. The van der Waals surface area contributed by atoms with Gasteiger partial charge in [-0.15, -0.1) is 0 Å². The molecule has 0 aromatic carbocycles. The van der Waals surface area contributed by atoms with Crippen LogP contribution in [0.15, 0.2) is 18.7 Å². The van der Waals surface area contributed by atoms with Crippen molar-refractivity contribution >= 4 is 11.9 Å². The van der Waals surface area contributed by atoms with Crippen LogP contribution in [0.25, 0.3) is 0 Å². The number of nitrogens with zero attached hydrogens (tertiary/aromatic N) is 2. The highest BCUT2D eigenvalue weighted by molar-refractivity contribution is 6.33. The van der Waals surface area contributed by atoms with Crippen LogP contribution in [-0.4, -0.2) is 23.6 Å². The summed E-state index contributed by atoms with van der Waals surface area (Å²) in [6.45, 7) is 0. The van der Waals surface area contributed by atoms with Crippen LogP contribution in [0.1, 0.15) is 4.79 Å². The van der Waals surface area contributed by atoms with Crippen LogP contribution in [-0.2, 0) is 16.6 Å². The van der Waals surface area contributed by atoms with E-state index in [9.17, 15) is 9.59 Å². The Bertz CT molecular complexity index is 316. The number of rotatable bonds is 0. The van der Waals surface area contributed by atoms with Gasteiger partial charge in [0.1, 0.15) is 12.4 Å². The monoisotopic (exact) mass is 169 g/mol. The summed E-state index contributed by atoms with van der Waals surface area (Å²) in [6, 6.07) is 0. The van der Waals surface area contributed by atoms with E-state index in [2.05, 4.69) is 4.74 Å². The van der Waals surface area contributed by atoms with Gasteiger partial charge < -0.3 is 4.74 Å². The number of carbonyl (C=O) groups excluding carboxylic acids is 2. The van der Waals surface area contributed by atoms with E-state index in [1.165, 1.54) is 19.6 Å². The molecule has 1 heterocycles. The Labute approximate surface area is 69.2 Å². The van der Waals surface area contributed by atoms with E-state index < -0.39 is 11.9 Å². The molecular weight excluding hydrogens is 160 g/mol. The first-order valence-corrected chi connectivity index (χ1v) is 3.31. The molecule has 5 nitrogen and oxygen atoms in total. The van der Waals surface area contributed by atoms with Crippen LogP contribution in [0.5, 0.6) is 0 Å². The summed E-state index contributed by atoms with van der Waals surface area (Å²) >= 11 is 0. The average molecular weight is 169 g/mol. The van der Waals surface area contributed by atoms with Crippen molar-refractivity contribution in [3.8, 4) is 0 Å². The molecule has 0 atom stereocenters. The highest BCUT2D eigenvalue weighted by atomic mass is 16.5. The smallest absolute Gasteiger partial charge is 0.423 e. The van der Waals surface area contributed by atoms with E-state index in [0.29, 0.717) is 0 Å². The number of imidazole rings is 1. The molecule has 0 unspecified atom stereocenters. The fourth-order valence-corrected chi connectivity index (χ4v) is 0.763. The van der Waals surface area contributed by atoms with Crippen molar-refractivity contribution in [3.05, 3.63) is 18.7 Å². The van der Waals surface area contributed by atoms with E-state index >= 15 is 0 Å². The van der Waals surface area contributed by atoms with Crippen LogP contribution in [0.2, 0.25) is 0 Å². The molecule has 1 rings (SSSR count). The fourth-order valence-electron chi connectivity index (χ4n) is 0.763. The lowest BCUT2D eigenvalue weighted by Crippen LogP contribution is -2.27. The molecule has 0 aliphatic carbocycles. The van der Waals surface area contributed by atoms with E-state index in [-0.39, 0.29) is 0 Å². The topological polar surface area (TPSA) is 52.2 Å². The number of aromatic nitrogens is 2. The maximum absolute atomic E-state index is 11.1. The highest BCUT2D eigenvalue weighted by Crippen LogP contribution is 1.86. The van der Waals surface area contributed by atoms with E-state index in [0.717, 1.165) is 4.57 Å². The Kier molecular flexibility index (Phi) is 2.23. The van der Waals surface area contributed by atoms with Crippen LogP contribution >= 0.6 is 0 Å². The second-order valence-corrected chi connectivity index (χ2v) is 2.28. The summed E-state index contributed by atoms with van der Waals surface area (Å²) in [6.07, 6.45) is 4.62. The summed E-state index contributed by atoms with van der Waals surface area (Å²) in [4.78, 5) is 21.8. The van der Waals surface area contributed by atoms with E-state index in [1.54, 1.807) is 17.8 Å². The predicted molar refractivity (Wildman–Crippen MR) is 38.3 cm³/mol. The second-order valence-electron chi connectivity index (χ2n) is 2.28. The number of esters is 1. The van der Waals surface area contributed by atoms with Gasteiger partial charge in [0.15, 0.2) is 0 Å². The molecule has 0 fully saturated rings. The third-order valence-electron chi connectivity index (χ3n) is 1.36. The van der Waals surface area contributed by atoms with Crippen molar-refractivity contribution in [2.75, 3.05) is 7.11 Å². The van der Waals surface area contributed by atoms with Gasteiger partial charge in [-0.05, 0) is 0 Å². The summed E-state index contributed by atoms with van der Waals surface area (Å²) < 4.78 is 7.07. The largest absolute Gasteiger partial charge is 0.460 e. The third-order valence-corrected chi connectivity index (χ3v) is 1.36. The van der Waals surface area contributed by atoms with Gasteiger partial charge in [0.2, 0.25) is 0 Å². The Hall–Kier alpha value is -1.65. The number of hydrogen-bond donors (Lipinski definition) is 0. The van der Waals surface area contributed by atoms with Crippen molar-refractivity contribution < 1.29 is 18.9 Å². The van der Waals surface area contributed by atoms with Crippen molar-refractivity contribution in [3.63, 3.8) is 0 Å². The quantitative estimate of drug-likeness (QED) is 0.288. The summed E-state index contributed by atoms with van der Waals surface area (Å²) in [5.74, 6) is -1.57. The average Bonchev–Trinajstić information content (AvgIpc) is 2.49. The lowest BCUT2D eigenvalue weighted by Gasteiger charge is -1.91. The van der Waals surface area contributed by atoms with Crippen LogP contribution in [0.4, 0.5) is 0 Å². The van der Waals surface area contributed by atoms with Crippen molar-refractivity contribution in [2.45, 2.75) is 0 Å². The number of methoxy groups -OCH3 is 1. The van der Waals surface area contributed by atoms with E-state index in [1.807, 2.05) is 0 Å². The number of aryl methyl sites for hydroxylation is 1. The normalized spacial score (nSPS) is 9.50. The third kappa shape index (κ3) is 1.50. The molecule has 0 spiro atoms. The SMILES string of the molecule is COC(=O)C(=O)n1cc[n+](C)c1. The molecule has 0 saturated carbocycles. The van der Waals surface area contributed by atoms with Gasteiger partial charge in [-0.25, -0.2) is 14.2 Å². The molecule has 0 aliphatic heterocycles. The Morgan fingerprint density at radius 1 is 1.50 bits per heavy atom. The zero-order valence-electron chi connectivity index (χ0n) is 6.85. The molecule has 0 aliphatic rings. The molecular formula is C7H9N2O3+. The molecule has 1 aromatic heterocycles. The Morgan fingerprint density at radius 2 is 2.17 bits per heavy atom. The molecule has 5 heteroatoms.